The van der Waals surface area contributed by atoms with Gasteiger partial charge in [0.15, 0.2) is 0 Å². The molecule has 0 aliphatic heterocycles. The Morgan fingerprint density at radius 3 is 0.973 bits per heavy atom. The Labute approximate surface area is 230 Å². The lowest BCUT2D eigenvalue weighted by Gasteiger charge is -2.53. The van der Waals surface area contributed by atoms with Gasteiger partial charge in [-0.2, -0.15) is 0 Å². The molecule has 0 spiro atoms. The van der Waals surface area contributed by atoms with Crippen LogP contribution in [0.4, 0.5) is 0 Å². The van der Waals surface area contributed by atoms with E-state index in [1.165, 1.54) is 11.1 Å². The number of ether oxygens (including phenoxy) is 1. The van der Waals surface area contributed by atoms with Gasteiger partial charge in [0.1, 0.15) is 0 Å². The molecule has 2 atom stereocenters. The Bertz CT molecular complexity index is 883. The summed E-state index contributed by atoms with van der Waals surface area (Å²) in [6.45, 7) is 33.2. The maximum atomic E-state index is 7.46. The minimum Gasteiger partial charge on any atom is -0.368 e. The maximum absolute atomic E-state index is 7.46. The van der Waals surface area contributed by atoms with E-state index in [0.29, 0.717) is 0 Å². The van der Waals surface area contributed by atoms with Crippen molar-refractivity contribution in [3.63, 3.8) is 0 Å². The van der Waals surface area contributed by atoms with Crippen LogP contribution in [0.25, 0.3) is 0 Å². The quantitative estimate of drug-likeness (QED) is 0.311. The number of hydrogen-bond donors (Lipinski definition) is 0. The smallest absolute Gasteiger partial charge is 0.0707 e. The maximum Gasteiger partial charge on any atom is 0.0707 e. The third-order valence-corrected chi connectivity index (χ3v) is 7.72. The van der Waals surface area contributed by atoms with E-state index in [4.69, 9.17) is 4.74 Å². The van der Waals surface area contributed by atoms with Crippen molar-refractivity contribution in [3.8, 4) is 0 Å². The highest BCUT2D eigenvalue weighted by Crippen LogP contribution is 2.55. The molecular weight excluding hydrogens is 448 g/mol. The first kappa shape index (κ1) is 31.6. The summed E-state index contributed by atoms with van der Waals surface area (Å²) in [5.74, 6) is 0.476. The first-order chi connectivity index (χ1) is 16.6. The molecule has 0 amide bonds. The zero-order valence-electron chi connectivity index (χ0n) is 26.8. The molecule has 1 heteroatoms. The molecule has 1 nitrogen and oxygen atoms in total. The molecule has 0 aromatic heterocycles. The van der Waals surface area contributed by atoms with Crippen molar-refractivity contribution in [2.45, 2.75) is 133 Å². The molecule has 0 saturated heterocycles. The molecule has 0 bridgehead atoms. The van der Waals surface area contributed by atoms with Crippen LogP contribution in [-0.2, 0) is 4.74 Å². The van der Waals surface area contributed by atoms with E-state index >= 15 is 0 Å². The van der Waals surface area contributed by atoms with Crippen LogP contribution in [0.3, 0.4) is 0 Å². The summed E-state index contributed by atoms with van der Waals surface area (Å²) >= 11 is 0. The third-order valence-electron chi connectivity index (χ3n) is 7.72. The lowest BCUT2D eigenvalue weighted by molar-refractivity contribution is -0.176. The van der Waals surface area contributed by atoms with Crippen molar-refractivity contribution in [1.29, 1.82) is 0 Å². The predicted octanol–water partition coefficient (Wildman–Crippen LogP) is 11.1. The van der Waals surface area contributed by atoms with Crippen molar-refractivity contribution >= 4 is 0 Å². The monoisotopic (exact) mass is 506 g/mol. The Balaban J connectivity index is 2.62. The van der Waals surface area contributed by atoms with Crippen molar-refractivity contribution in [3.05, 3.63) is 71.8 Å². The van der Waals surface area contributed by atoms with E-state index < -0.39 is 0 Å². The molecule has 0 aliphatic carbocycles. The minimum atomic E-state index is -0.384. The molecule has 0 N–H and O–H groups in total. The summed E-state index contributed by atoms with van der Waals surface area (Å²) in [4.78, 5) is 0. The Morgan fingerprint density at radius 1 is 0.459 bits per heavy atom. The fraction of sp³-hybridized carbons (Fsp3) is 0.667. The molecule has 2 aromatic carbocycles. The fourth-order valence-corrected chi connectivity index (χ4v) is 8.61. The first-order valence-electron chi connectivity index (χ1n) is 14.4. The zero-order valence-corrected chi connectivity index (χ0v) is 26.8. The summed E-state index contributed by atoms with van der Waals surface area (Å²) in [6, 6.07) is 22.1. The summed E-state index contributed by atoms with van der Waals surface area (Å²) in [6.07, 6.45) is 2.23. The average Bonchev–Trinajstić information content (AvgIpc) is 2.63. The molecule has 0 saturated carbocycles. The molecule has 2 rings (SSSR count). The van der Waals surface area contributed by atoms with Crippen LogP contribution in [0.5, 0.6) is 0 Å². The van der Waals surface area contributed by atoms with Gasteiger partial charge in [-0.25, -0.2) is 0 Å². The number of hydrogen-bond acceptors (Lipinski definition) is 1. The normalized spacial score (nSPS) is 15.9. The van der Waals surface area contributed by atoms with Crippen molar-refractivity contribution < 1.29 is 4.74 Å². The average molecular weight is 507 g/mol. The number of rotatable bonds is 10. The van der Waals surface area contributed by atoms with Gasteiger partial charge >= 0.3 is 0 Å². The molecule has 0 aliphatic rings. The SMILES string of the molecule is CC(C)(C)CC(C)(C)C(c1ccccc1)C(C)(C)OC(C)(C)C(c1ccccc1)C(C)(C)CC(C)(C)C. The van der Waals surface area contributed by atoms with E-state index in [1.54, 1.807) is 0 Å². The Morgan fingerprint density at radius 2 is 0.730 bits per heavy atom. The van der Waals surface area contributed by atoms with Gasteiger partial charge in [0.05, 0.1) is 11.2 Å². The third kappa shape index (κ3) is 8.71. The molecule has 37 heavy (non-hydrogen) atoms. The molecule has 0 fully saturated rings. The van der Waals surface area contributed by atoms with Crippen LogP contribution in [0.1, 0.15) is 133 Å². The van der Waals surface area contributed by atoms with Gasteiger partial charge in [0, 0.05) is 11.8 Å². The van der Waals surface area contributed by atoms with Crippen molar-refractivity contribution in [2.75, 3.05) is 0 Å². The van der Waals surface area contributed by atoms with Crippen LogP contribution in [0.2, 0.25) is 0 Å². The highest BCUT2D eigenvalue weighted by molar-refractivity contribution is 5.28. The van der Waals surface area contributed by atoms with Crippen LogP contribution < -0.4 is 0 Å². The largest absolute Gasteiger partial charge is 0.368 e. The van der Waals surface area contributed by atoms with Gasteiger partial charge in [-0.1, -0.05) is 130 Å². The van der Waals surface area contributed by atoms with E-state index in [2.05, 4.69) is 158 Å². The number of benzene rings is 2. The highest BCUT2D eigenvalue weighted by Gasteiger charge is 2.50. The molecular formula is C36H58O. The lowest BCUT2D eigenvalue weighted by atomic mass is 9.60. The van der Waals surface area contributed by atoms with Gasteiger partial charge in [-0.05, 0) is 73.3 Å². The van der Waals surface area contributed by atoms with Crippen molar-refractivity contribution in [1.82, 2.24) is 0 Å². The second-order valence-corrected chi connectivity index (χ2v) is 16.4. The highest BCUT2D eigenvalue weighted by atomic mass is 16.5. The zero-order chi connectivity index (χ0) is 28.5. The van der Waals surface area contributed by atoms with Crippen molar-refractivity contribution in [2.24, 2.45) is 21.7 Å². The van der Waals surface area contributed by atoms with Gasteiger partial charge in [0.2, 0.25) is 0 Å². The fourth-order valence-electron chi connectivity index (χ4n) is 8.61. The molecule has 2 aromatic rings. The summed E-state index contributed by atoms with van der Waals surface area (Å²) in [5.41, 5.74) is 2.50. The molecule has 208 valence electrons. The Kier molecular flexibility index (Phi) is 9.29. The van der Waals surface area contributed by atoms with Gasteiger partial charge in [-0.15, -0.1) is 0 Å². The van der Waals surface area contributed by atoms with Crippen LogP contribution in [-0.4, -0.2) is 11.2 Å². The predicted molar refractivity (Wildman–Crippen MR) is 163 cm³/mol. The summed E-state index contributed by atoms with van der Waals surface area (Å²) < 4.78 is 7.46. The minimum absolute atomic E-state index is 0.0440. The topological polar surface area (TPSA) is 9.23 Å². The van der Waals surface area contributed by atoms with Crippen LogP contribution >= 0.6 is 0 Å². The standard InChI is InChI=1S/C36H58O/c1-31(2,3)25-33(7,8)29(27-21-17-15-18-22-27)35(11,12)37-36(13,14)30(28-23-19-16-20-24-28)34(9,10)26-32(4,5)6/h15-24,29-30H,25-26H2,1-14H3. The molecule has 2 unspecified atom stereocenters. The van der Waals surface area contributed by atoms with Gasteiger partial charge in [-0.3, -0.25) is 0 Å². The van der Waals surface area contributed by atoms with Gasteiger partial charge in [0.25, 0.3) is 0 Å². The first-order valence-corrected chi connectivity index (χ1v) is 14.4. The van der Waals surface area contributed by atoms with Crippen LogP contribution in [0, 0.1) is 21.7 Å². The van der Waals surface area contributed by atoms with E-state index in [1.807, 2.05) is 0 Å². The van der Waals surface area contributed by atoms with E-state index in [-0.39, 0.29) is 44.7 Å². The van der Waals surface area contributed by atoms with Crippen LogP contribution in [0.15, 0.2) is 60.7 Å². The van der Waals surface area contributed by atoms with E-state index in [0.717, 1.165) is 12.8 Å². The van der Waals surface area contributed by atoms with E-state index in [9.17, 15) is 0 Å². The summed E-state index contributed by atoms with van der Waals surface area (Å²) in [7, 11) is 0. The molecule has 0 heterocycles. The second-order valence-electron chi connectivity index (χ2n) is 16.4. The lowest BCUT2D eigenvalue weighted by Crippen LogP contribution is -2.51. The second kappa shape index (κ2) is 10.9. The van der Waals surface area contributed by atoms with Gasteiger partial charge < -0.3 is 4.74 Å². The Hall–Kier alpha value is -1.60. The molecule has 0 radical (unpaired) electrons. The summed E-state index contributed by atoms with van der Waals surface area (Å²) in [5, 5.41) is 0.